The molecule has 2 rings (SSSR count). The van der Waals surface area contributed by atoms with E-state index >= 15 is 0 Å². The quantitative estimate of drug-likeness (QED) is 0.560. The van der Waals surface area contributed by atoms with Crippen LogP contribution in [0.15, 0.2) is 45.8 Å². The predicted molar refractivity (Wildman–Crippen MR) is 103 cm³/mol. The van der Waals surface area contributed by atoms with Gasteiger partial charge in [0.2, 0.25) is 0 Å². The molecule has 0 saturated carbocycles. The molecule has 0 radical (unpaired) electrons. The van der Waals surface area contributed by atoms with Crippen LogP contribution in [0.25, 0.3) is 0 Å². The zero-order valence-electron chi connectivity index (χ0n) is 14.4. The number of anilines is 1. The standard InChI is InChI=1S/C17H16BrClFNO5S/c1-3-26-16(22)10-21(13-6-4-12(20)5-7-13)27(23,24)15-9-11(19)8-14(18)17(15)25-2/h4-9H,3,10H2,1-2H3. The van der Waals surface area contributed by atoms with E-state index < -0.39 is 28.4 Å². The summed E-state index contributed by atoms with van der Waals surface area (Å²) in [6.07, 6.45) is 0. The Hall–Kier alpha value is -1.84. The van der Waals surface area contributed by atoms with Gasteiger partial charge in [-0.25, -0.2) is 12.8 Å². The van der Waals surface area contributed by atoms with Crippen molar-refractivity contribution in [3.63, 3.8) is 0 Å². The molecule has 6 nitrogen and oxygen atoms in total. The minimum Gasteiger partial charge on any atom is -0.494 e. The van der Waals surface area contributed by atoms with Crippen LogP contribution in [0.4, 0.5) is 10.1 Å². The molecule has 0 amide bonds. The van der Waals surface area contributed by atoms with Crippen molar-refractivity contribution in [2.24, 2.45) is 0 Å². The van der Waals surface area contributed by atoms with Crippen LogP contribution < -0.4 is 9.04 Å². The number of carbonyl (C=O) groups excluding carboxylic acids is 1. The average Bonchev–Trinajstić information content (AvgIpc) is 2.60. The highest BCUT2D eigenvalue weighted by molar-refractivity contribution is 9.10. The molecular weight excluding hydrogens is 465 g/mol. The molecule has 0 aliphatic carbocycles. The van der Waals surface area contributed by atoms with E-state index in [0.29, 0.717) is 4.47 Å². The van der Waals surface area contributed by atoms with Gasteiger partial charge in [-0.2, -0.15) is 0 Å². The maximum absolute atomic E-state index is 13.3. The predicted octanol–water partition coefficient (Wildman–Crippen LogP) is 4.01. The number of esters is 1. The van der Waals surface area contributed by atoms with Gasteiger partial charge < -0.3 is 9.47 Å². The van der Waals surface area contributed by atoms with Gasteiger partial charge in [-0.15, -0.1) is 0 Å². The molecule has 0 aliphatic heterocycles. The summed E-state index contributed by atoms with van der Waals surface area (Å²) in [7, 11) is -2.99. The van der Waals surface area contributed by atoms with Crippen molar-refractivity contribution in [3.8, 4) is 5.75 Å². The number of ether oxygens (including phenoxy) is 2. The Bertz CT molecular complexity index is 937. The highest BCUT2D eigenvalue weighted by atomic mass is 79.9. The Morgan fingerprint density at radius 1 is 1.26 bits per heavy atom. The second kappa shape index (κ2) is 8.90. The summed E-state index contributed by atoms with van der Waals surface area (Å²) in [5, 5.41) is 0.149. The fourth-order valence-corrected chi connectivity index (χ4v) is 5.07. The number of carbonyl (C=O) groups is 1. The first-order chi connectivity index (χ1) is 12.7. The van der Waals surface area contributed by atoms with E-state index in [1.54, 1.807) is 6.92 Å². The molecule has 0 N–H and O–H groups in total. The van der Waals surface area contributed by atoms with Crippen molar-refractivity contribution in [1.82, 2.24) is 0 Å². The number of hydrogen-bond acceptors (Lipinski definition) is 5. The van der Waals surface area contributed by atoms with Crippen LogP contribution in [0.2, 0.25) is 5.02 Å². The number of hydrogen-bond donors (Lipinski definition) is 0. The molecule has 0 bridgehead atoms. The van der Waals surface area contributed by atoms with Crippen molar-refractivity contribution in [3.05, 3.63) is 51.7 Å². The maximum Gasteiger partial charge on any atom is 0.326 e. The van der Waals surface area contributed by atoms with Crippen LogP contribution in [0, 0.1) is 5.82 Å². The molecule has 0 saturated heterocycles. The van der Waals surface area contributed by atoms with Crippen LogP contribution >= 0.6 is 27.5 Å². The molecule has 0 aliphatic rings. The third-order valence-electron chi connectivity index (χ3n) is 3.44. The zero-order valence-corrected chi connectivity index (χ0v) is 17.6. The zero-order chi connectivity index (χ0) is 20.2. The first-order valence-electron chi connectivity index (χ1n) is 7.67. The molecule has 0 aromatic heterocycles. The Labute approximate surface area is 170 Å². The fraction of sp³-hybridized carbons (Fsp3) is 0.235. The number of sulfonamides is 1. The summed E-state index contributed by atoms with van der Waals surface area (Å²) in [5.41, 5.74) is 0.0857. The molecule has 0 unspecified atom stereocenters. The lowest BCUT2D eigenvalue weighted by molar-refractivity contribution is -0.141. The summed E-state index contributed by atoms with van der Waals surface area (Å²) in [6.45, 7) is 1.09. The molecule has 2 aromatic carbocycles. The van der Waals surface area contributed by atoms with Crippen molar-refractivity contribution >= 4 is 49.2 Å². The van der Waals surface area contributed by atoms with Crippen molar-refractivity contribution in [2.75, 3.05) is 24.6 Å². The van der Waals surface area contributed by atoms with Crippen LogP contribution in [0.3, 0.4) is 0 Å². The van der Waals surface area contributed by atoms with Gasteiger partial charge >= 0.3 is 5.97 Å². The Kier molecular flexibility index (Phi) is 7.07. The van der Waals surface area contributed by atoms with E-state index in [-0.39, 0.29) is 28.0 Å². The summed E-state index contributed by atoms with van der Waals surface area (Å²) in [6, 6.07) is 7.37. The van der Waals surface area contributed by atoms with Gasteiger partial charge in [0.15, 0.2) is 5.75 Å². The van der Waals surface area contributed by atoms with Crippen LogP contribution in [-0.4, -0.2) is 34.6 Å². The average molecular weight is 481 g/mol. The van der Waals surface area contributed by atoms with Gasteiger partial charge in [0, 0.05) is 5.02 Å². The van der Waals surface area contributed by atoms with E-state index in [0.717, 1.165) is 16.4 Å². The van der Waals surface area contributed by atoms with Crippen molar-refractivity contribution in [1.29, 1.82) is 0 Å². The smallest absolute Gasteiger partial charge is 0.326 e. The second-order valence-corrected chi connectivity index (χ2v) is 8.33. The lowest BCUT2D eigenvalue weighted by Gasteiger charge is -2.25. The van der Waals surface area contributed by atoms with E-state index in [9.17, 15) is 17.6 Å². The molecule has 0 heterocycles. The van der Waals surface area contributed by atoms with Gasteiger partial charge in [-0.05, 0) is 59.3 Å². The van der Waals surface area contributed by atoms with Crippen molar-refractivity contribution < 1.29 is 27.1 Å². The highest BCUT2D eigenvalue weighted by Crippen LogP contribution is 2.38. The minimum absolute atomic E-state index is 0.0235. The topological polar surface area (TPSA) is 72.9 Å². The Morgan fingerprint density at radius 2 is 1.89 bits per heavy atom. The van der Waals surface area contributed by atoms with Crippen LogP contribution in [-0.2, 0) is 19.6 Å². The molecule has 27 heavy (non-hydrogen) atoms. The number of rotatable bonds is 7. The monoisotopic (exact) mass is 479 g/mol. The molecule has 2 aromatic rings. The van der Waals surface area contributed by atoms with Gasteiger partial charge in [0.05, 0.1) is 23.9 Å². The molecular formula is C17H16BrClFNO5S. The highest BCUT2D eigenvalue weighted by Gasteiger charge is 2.32. The Balaban J connectivity index is 2.63. The number of benzene rings is 2. The van der Waals surface area contributed by atoms with Gasteiger partial charge in [-0.1, -0.05) is 11.6 Å². The second-order valence-electron chi connectivity index (χ2n) is 5.21. The van der Waals surface area contributed by atoms with Crippen LogP contribution in [0.1, 0.15) is 6.92 Å². The van der Waals surface area contributed by atoms with Gasteiger partial charge in [-0.3, -0.25) is 9.10 Å². The number of nitrogens with zero attached hydrogens (tertiary/aromatic N) is 1. The van der Waals surface area contributed by atoms with E-state index in [1.807, 2.05) is 0 Å². The molecule has 10 heteroatoms. The summed E-state index contributed by atoms with van der Waals surface area (Å²) in [5.74, 6) is -1.28. The van der Waals surface area contributed by atoms with Gasteiger partial charge in [0.1, 0.15) is 17.3 Å². The van der Waals surface area contributed by atoms with Gasteiger partial charge in [0.25, 0.3) is 10.0 Å². The fourth-order valence-electron chi connectivity index (χ4n) is 2.29. The molecule has 0 atom stereocenters. The first kappa shape index (κ1) is 21.5. The summed E-state index contributed by atoms with van der Waals surface area (Å²) >= 11 is 9.21. The van der Waals surface area contributed by atoms with E-state index in [1.165, 1.54) is 31.4 Å². The first-order valence-corrected chi connectivity index (χ1v) is 10.3. The van der Waals surface area contributed by atoms with Crippen LogP contribution in [0.5, 0.6) is 5.75 Å². The minimum atomic E-state index is -4.30. The van der Waals surface area contributed by atoms with E-state index in [4.69, 9.17) is 21.1 Å². The lowest BCUT2D eigenvalue weighted by Crippen LogP contribution is -2.36. The number of methoxy groups -OCH3 is 1. The number of halogens is 3. The summed E-state index contributed by atoms with van der Waals surface area (Å²) < 4.78 is 51.1. The molecule has 0 spiro atoms. The normalized spacial score (nSPS) is 11.1. The summed E-state index contributed by atoms with van der Waals surface area (Å²) in [4.78, 5) is 11.7. The third-order valence-corrected chi connectivity index (χ3v) is 6.03. The molecule has 0 fully saturated rings. The third kappa shape index (κ3) is 4.91. The lowest BCUT2D eigenvalue weighted by atomic mass is 10.3. The molecule has 146 valence electrons. The maximum atomic E-state index is 13.3. The largest absolute Gasteiger partial charge is 0.494 e. The van der Waals surface area contributed by atoms with Crippen molar-refractivity contribution in [2.45, 2.75) is 11.8 Å². The SMILES string of the molecule is CCOC(=O)CN(c1ccc(F)cc1)S(=O)(=O)c1cc(Cl)cc(Br)c1OC. The van der Waals surface area contributed by atoms with E-state index in [2.05, 4.69) is 15.9 Å². The Morgan fingerprint density at radius 3 is 2.44 bits per heavy atom.